The summed E-state index contributed by atoms with van der Waals surface area (Å²) in [6, 6.07) is 1.49. The molecule has 0 radical (unpaired) electrons. The Balaban J connectivity index is 1.62. The van der Waals surface area contributed by atoms with Gasteiger partial charge in [-0.15, -0.1) is 0 Å². The first-order valence-corrected chi connectivity index (χ1v) is 11.2. The highest BCUT2D eigenvalue weighted by Crippen LogP contribution is 2.44. The average molecular weight is 479 g/mol. The molecule has 34 heavy (non-hydrogen) atoms. The molecule has 186 valence electrons. The summed E-state index contributed by atoms with van der Waals surface area (Å²) in [5.74, 6) is -2.02. The number of hydrogen-bond acceptors (Lipinski definition) is 7. The lowest BCUT2D eigenvalue weighted by Crippen LogP contribution is -2.42. The lowest BCUT2D eigenvalue weighted by molar-refractivity contribution is -0.143. The normalized spacial score (nSPS) is 21.3. The van der Waals surface area contributed by atoms with Crippen LogP contribution in [-0.2, 0) is 4.74 Å². The van der Waals surface area contributed by atoms with Crippen LogP contribution in [0.2, 0.25) is 0 Å². The van der Waals surface area contributed by atoms with Gasteiger partial charge in [0, 0.05) is 31.7 Å². The number of piperidine rings is 1. The van der Waals surface area contributed by atoms with Crippen molar-refractivity contribution in [3.8, 4) is 11.5 Å². The first-order chi connectivity index (χ1) is 16.2. The van der Waals surface area contributed by atoms with E-state index in [-0.39, 0.29) is 42.1 Å². The quantitative estimate of drug-likeness (QED) is 0.329. The molecule has 1 unspecified atom stereocenters. The smallest absolute Gasteiger partial charge is 0.272 e. The molecule has 1 saturated carbocycles. The second-order valence-electron chi connectivity index (χ2n) is 8.57. The number of halogens is 2. The maximum absolute atomic E-state index is 13.5. The minimum atomic E-state index is -2.69. The van der Waals surface area contributed by atoms with Gasteiger partial charge in [-0.2, -0.15) is 0 Å². The van der Waals surface area contributed by atoms with Crippen molar-refractivity contribution in [3.05, 3.63) is 41.2 Å². The Morgan fingerprint density at radius 2 is 2.03 bits per heavy atom. The molecule has 1 saturated heterocycles. The van der Waals surface area contributed by atoms with Crippen LogP contribution < -0.4 is 15.2 Å². The third-order valence-electron chi connectivity index (χ3n) is 6.60. The Labute approximate surface area is 198 Å². The van der Waals surface area contributed by atoms with Gasteiger partial charge in [-0.1, -0.05) is 0 Å². The van der Waals surface area contributed by atoms with E-state index in [0.29, 0.717) is 31.0 Å². The highest BCUT2D eigenvalue weighted by atomic mass is 19.3. The number of likely N-dealkylation sites (tertiary alicyclic amines) is 1. The Morgan fingerprint density at radius 3 is 2.56 bits per heavy atom. The summed E-state index contributed by atoms with van der Waals surface area (Å²) in [7, 11) is 3.01. The number of alkyl halides is 2. The largest absolute Gasteiger partial charge is 0.497 e. The highest BCUT2D eigenvalue weighted by molar-refractivity contribution is 5.93. The van der Waals surface area contributed by atoms with Crippen LogP contribution >= 0.6 is 0 Å². The fraction of sp³-hybridized carbons (Fsp3) is 0.542. The van der Waals surface area contributed by atoms with Crippen LogP contribution in [-0.4, -0.2) is 62.3 Å². The third-order valence-corrected chi connectivity index (χ3v) is 6.60. The zero-order valence-electron chi connectivity index (χ0n) is 19.9. The molecule has 0 spiro atoms. The van der Waals surface area contributed by atoms with Crippen LogP contribution in [0, 0.1) is 11.8 Å². The molecule has 0 aromatic carbocycles. The van der Waals surface area contributed by atoms with Gasteiger partial charge in [-0.25, -0.2) is 18.8 Å². The molecule has 8 nitrogen and oxygen atoms in total. The Kier molecular flexibility index (Phi) is 8.11. The Bertz CT molecular complexity index is 972. The van der Waals surface area contributed by atoms with Gasteiger partial charge >= 0.3 is 0 Å². The predicted octanol–water partition coefficient (Wildman–Crippen LogP) is 3.79. The molecule has 1 aliphatic carbocycles. The van der Waals surface area contributed by atoms with E-state index in [1.807, 2.05) is 6.92 Å². The van der Waals surface area contributed by atoms with Gasteiger partial charge in [-0.3, -0.25) is 4.79 Å². The minimum absolute atomic E-state index is 0.112. The maximum atomic E-state index is 13.5. The fourth-order valence-corrected chi connectivity index (χ4v) is 4.16. The zero-order chi connectivity index (χ0) is 24.9. The zero-order valence-corrected chi connectivity index (χ0v) is 19.9. The number of rotatable bonds is 9. The van der Waals surface area contributed by atoms with Gasteiger partial charge in [0.1, 0.15) is 17.3 Å². The van der Waals surface area contributed by atoms with Crippen molar-refractivity contribution in [3.63, 3.8) is 0 Å². The van der Waals surface area contributed by atoms with Gasteiger partial charge < -0.3 is 24.8 Å². The summed E-state index contributed by atoms with van der Waals surface area (Å²) in [6.45, 7) is 6.38. The van der Waals surface area contributed by atoms with E-state index in [4.69, 9.17) is 19.9 Å². The number of hydrogen-bond donors (Lipinski definition) is 1. The van der Waals surface area contributed by atoms with Gasteiger partial charge in [0.2, 0.25) is 0 Å². The van der Waals surface area contributed by atoms with E-state index in [0.717, 1.165) is 18.4 Å². The molecule has 1 aliphatic heterocycles. The highest BCUT2D eigenvalue weighted by Gasteiger charge is 2.48. The minimum Gasteiger partial charge on any atom is -0.497 e. The molecular formula is C24H32F2N4O4. The van der Waals surface area contributed by atoms with Crippen LogP contribution in [0.4, 0.5) is 8.78 Å². The molecule has 1 aromatic rings. The van der Waals surface area contributed by atoms with Crippen LogP contribution in [0.1, 0.15) is 43.1 Å². The van der Waals surface area contributed by atoms with E-state index in [1.54, 1.807) is 18.1 Å². The van der Waals surface area contributed by atoms with E-state index < -0.39 is 11.8 Å². The number of aliphatic imine (C=N–C) groups is 1. The molecule has 10 heteroatoms. The standard InChI is InChI=1S/C24H32F2N4O4/c1-15(19(32-3)12-22(27)28-2)16-6-9-30(10-7-16)23(31)18-11-20(33-4)21(13-29-18)34-14-17-5-8-24(17,25)26/h11-13,16-17H,2,5-10,14,27H2,1,3-4H3/b19-15-,22-12-. The molecule has 1 atom stereocenters. The van der Waals surface area contributed by atoms with Crippen molar-refractivity contribution in [2.75, 3.05) is 33.9 Å². The molecule has 1 aromatic heterocycles. The summed E-state index contributed by atoms with van der Waals surface area (Å²) < 4.78 is 43.2. The monoisotopic (exact) mass is 478 g/mol. The fourth-order valence-electron chi connectivity index (χ4n) is 4.16. The van der Waals surface area contributed by atoms with Crippen LogP contribution in [0.3, 0.4) is 0 Å². The number of ether oxygens (including phenoxy) is 3. The number of methoxy groups -OCH3 is 2. The predicted molar refractivity (Wildman–Crippen MR) is 124 cm³/mol. The molecule has 2 aliphatic rings. The number of pyridine rings is 1. The van der Waals surface area contributed by atoms with Gasteiger partial charge in [-0.05, 0) is 44.4 Å². The second-order valence-corrected chi connectivity index (χ2v) is 8.57. The number of nitrogens with two attached hydrogens (primary N) is 1. The topological polar surface area (TPSA) is 99.3 Å². The lowest BCUT2D eigenvalue weighted by atomic mass is 9.81. The van der Waals surface area contributed by atoms with Crippen molar-refractivity contribution >= 4 is 12.6 Å². The van der Waals surface area contributed by atoms with Crippen molar-refractivity contribution < 1.29 is 27.8 Å². The van der Waals surface area contributed by atoms with E-state index in [9.17, 15) is 13.6 Å². The summed E-state index contributed by atoms with van der Waals surface area (Å²) in [5.41, 5.74) is 7.00. The van der Waals surface area contributed by atoms with E-state index >= 15 is 0 Å². The molecule has 2 fully saturated rings. The number of nitrogens with zero attached hydrogens (tertiary/aromatic N) is 3. The van der Waals surface area contributed by atoms with Gasteiger partial charge in [0.25, 0.3) is 11.8 Å². The van der Waals surface area contributed by atoms with Crippen molar-refractivity contribution in [2.45, 2.75) is 38.5 Å². The second kappa shape index (κ2) is 10.8. The molecule has 3 rings (SSSR count). The number of aromatic nitrogens is 1. The van der Waals surface area contributed by atoms with Crippen molar-refractivity contribution in [1.82, 2.24) is 9.88 Å². The summed E-state index contributed by atoms with van der Waals surface area (Å²) in [6.07, 6.45) is 4.83. The van der Waals surface area contributed by atoms with Crippen molar-refractivity contribution in [2.24, 2.45) is 22.6 Å². The Hall–Kier alpha value is -3.17. The lowest BCUT2D eigenvalue weighted by Gasteiger charge is -2.35. The van der Waals surface area contributed by atoms with E-state index in [2.05, 4.69) is 16.7 Å². The van der Waals surface area contributed by atoms with Crippen LogP contribution in [0.25, 0.3) is 0 Å². The van der Waals surface area contributed by atoms with Gasteiger partial charge in [0.05, 0.1) is 32.9 Å². The number of amides is 1. The summed E-state index contributed by atoms with van der Waals surface area (Å²) in [4.78, 5) is 22.7. The SMILES string of the molecule is C=N/C(N)=C\C(OC)=C(/C)C1CCN(C(=O)c2cc(OC)c(OCC3CCC3(F)F)cn2)CC1. The first-order valence-electron chi connectivity index (χ1n) is 11.2. The number of allylic oxidation sites excluding steroid dienone is 2. The molecule has 0 bridgehead atoms. The first kappa shape index (κ1) is 25.5. The Morgan fingerprint density at radius 1 is 1.32 bits per heavy atom. The number of carbonyl (C=O) groups excluding carboxylic acids is 1. The molecule has 1 amide bonds. The third kappa shape index (κ3) is 5.66. The molecular weight excluding hydrogens is 446 g/mol. The average Bonchev–Trinajstić information content (AvgIpc) is 2.85. The van der Waals surface area contributed by atoms with Gasteiger partial charge in [0.15, 0.2) is 11.5 Å². The number of carbonyl (C=O) groups is 1. The molecule has 2 heterocycles. The molecule has 2 N–H and O–H groups in total. The van der Waals surface area contributed by atoms with E-state index in [1.165, 1.54) is 19.4 Å². The van der Waals surface area contributed by atoms with Crippen molar-refractivity contribution in [1.29, 1.82) is 0 Å². The maximum Gasteiger partial charge on any atom is 0.272 e. The van der Waals surface area contributed by atoms with Crippen LogP contribution in [0.15, 0.2) is 40.5 Å². The summed E-state index contributed by atoms with van der Waals surface area (Å²) >= 11 is 0. The summed E-state index contributed by atoms with van der Waals surface area (Å²) in [5, 5.41) is 0. The van der Waals surface area contributed by atoms with Crippen LogP contribution in [0.5, 0.6) is 11.5 Å².